The Bertz CT molecular complexity index is 1080. The number of sulfonamides is 1. The summed E-state index contributed by atoms with van der Waals surface area (Å²) >= 11 is 0. The highest BCUT2D eigenvalue weighted by Crippen LogP contribution is 2.28. The van der Waals surface area contributed by atoms with Gasteiger partial charge in [0.1, 0.15) is 4.90 Å². The lowest BCUT2D eigenvalue weighted by Crippen LogP contribution is -2.45. The van der Waals surface area contributed by atoms with Gasteiger partial charge in [-0.15, -0.1) is 0 Å². The van der Waals surface area contributed by atoms with Crippen molar-refractivity contribution >= 4 is 21.6 Å². The van der Waals surface area contributed by atoms with Gasteiger partial charge in [0.15, 0.2) is 11.5 Å². The van der Waals surface area contributed by atoms with E-state index in [4.69, 9.17) is 9.47 Å². The number of nitrogens with zero attached hydrogens (tertiary/aromatic N) is 2. The van der Waals surface area contributed by atoms with Crippen molar-refractivity contribution in [3.63, 3.8) is 0 Å². The van der Waals surface area contributed by atoms with Crippen molar-refractivity contribution in [2.75, 3.05) is 65.9 Å². The van der Waals surface area contributed by atoms with E-state index < -0.39 is 10.0 Å². The molecular weight excluding hydrogens is 444 g/mol. The largest absolute Gasteiger partial charge is 0.493 e. The van der Waals surface area contributed by atoms with Crippen LogP contribution in [0.1, 0.15) is 15.9 Å². The number of amides is 1. The van der Waals surface area contributed by atoms with Gasteiger partial charge in [-0.2, -0.15) is 0 Å². The Labute approximate surface area is 195 Å². The lowest BCUT2D eigenvalue weighted by atomic mass is 10.1. The summed E-state index contributed by atoms with van der Waals surface area (Å²) < 4.78 is 38.4. The number of methoxy groups -OCH3 is 2. The van der Waals surface area contributed by atoms with Crippen LogP contribution >= 0.6 is 0 Å². The highest BCUT2D eigenvalue weighted by molar-refractivity contribution is 7.89. The van der Waals surface area contributed by atoms with Crippen LogP contribution in [0.4, 0.5) is 5.69 Å². The summed E-state index contributed by atoms with van der Waals surface area (Å²) in [5, 5.41) is 2.87. The van der Waals surface area contributed by atoms with Crippen molar-refractivity contribution in [1.29, 1.82) is 0 Å². The standard InChI is InChI=1S/C23H32N4O5S/c1-24-33(29,30)22-16-18(6-7-19(22)27-13-11-26(2)12-14-27)23(28)25-10-9-17-5-8-20(31-3)21(15-17)32-4/h5-8,15-16,24H,9-14H2,1-4H3,(H,25,28). The fourth-order valence-electron chi connectivity index (χ4n) is 3.75. The molecule has 2 N–H and O–H groups in total. The first-order valence-electron chi connectivity index (χ1n) is 10.8. The summed E-state index contributed by atoms with van der Waals surface area (Å²) in [5.74, 6) is 0.944. The number of benzene rings is 2. The van der Waals surface area contributed by atoms with Crippen LogP contribution in [0.15, 0.2) is 41.3 Å². The van der Waals surface area contributed by atoms with Gasteiger partial charge in [-0.05, 0) is 56.4 Å². The molecule has 0 aliphatic carbocycles. The zero-order valence-electron chi connectivity index (χ0n) is 19.6. The van der Waals surface area contributed by atoms with Gasteiger partial charge in [-0.3, -0.25) is 4.79 Å². The van der Waals surface area contributed by atoms with Crippen LogP contribution in [-0.4, -0.2) is 80.3 Å². The zero-order chi connectivity index (χ0) is 24.0. The summed E-state index contributed by atoms with van der Waals surface area (Å²) in [7, 11) is 2.83. The maximum atomic E-state index is 12.8. The number of anilines is 1. The van der Waals surface area contributed by atoms with E-state index in [1.807, 2.05) is 30.1 Å². The average Bonchev–Trinajstić information content (AvgIpc) is 2.84. The quantitative estimate of drug-likeness (QED) is 0.563. The molecule has 0 radical (unpaired) electrons. The average molecular weight is 477 g/mol. The molecule has 0 spiro atoms. The number of piperazine rings is 1. The Balaban J connectivity index is 1.73. The number of hydrogen-bond donors (Lipinski definition) is 2. The van der Waals surface area contributed by atoms with E-state index in [2.05, 4.69) is 14.9 Å². The van der Waals surface area contributed by atoms with E-state index in [9.17, 15) is 13.2 Å². The van der Waals surface area contributed by atoms with E-state index in [0.29, 0.717) is 35.7 Å². The van der Waals surface area contributed by atoms with Gasteiger partial charge in [-0.25, -0.2) is 13.1 Å². The fourth-order valence-corrected chi connectivity index (χ4v) is 4.72. The molecule has 0 saturated carbocycles. The summed E-state index contributed by atoms with van der Waals surface area (Å²) in [6, 6.07) is 10.4. The zero-order valence-corrected chi connectivity index (χ0v) is 20.4. The number of rotatable bonds is 9. The highest BCUT2D eigenvalue weighted by Gasteiger charge is 2.24. The van der Waals surface area contributed by atoms with Crippen LogP contribution in [0.25, 0.3) is 0 Å². The van der Waals surface area contributed by atoms with Crippen LogP contribution in [0, 0.1) is 0 Å². The molecule has 0 aromatic heterocycles. The lowest BCUT2D eigenvalue weighted by Gasteiger charge is -2.35. The Kier molecular flexibility index (Phi) is 8.17. The molecule has 1 amide bonds. The molecule has 2 aromatic carbocycles. The van der Waals surface area contributed by atoms with E-state index in [0.717, 1.165) is 31.7 Å². The fraction of sp³-hybridized carbons (Fsp3) is 0.435. The van der Waals surface area contributed by atoms with E-state index in [-0.39, 0.29) is 10.8 Å². The van der Waals surface area contributed by atoms with Crippen LogP contribution in [0.2, 0.25) is 0 Å². The van der Waals surface area contributed by atoms with Gasteiger partial charge in [-0.1, -0.05) is 6.07 Å². The maximum absolute atomic E-state index is 12.8. The predicted octanol–water partition coefficient (Wildman–Crippen LogP) is 1.34. The molecule has 1 saturated heterocycles. The van der Waals surface area contributed by atoms with Crippen LogP contribution in [0.5, 0.6) is 11.5 Å². The second kappa shape index (κ2) is 10.9. The first-order valence-corrected chi connectivity index (χ1v) is 12.3. The molecule has 1 aliphatic heterocycles. The number of likely N-dealkylation sites (N-methyl/N-ethyl adjacent to an activating group) is 1. The van der Waals surface area contributed by atoms with Gasteiger partial charge in [0.05, 0.1) is 19.9 Å². The van der Waals surface area contributed by atoms with Gasteiger partial charge in [0.2, 0.25) is 10.0 Å². The Hall–Kier alpha value is -2.82. The van der Waals surface area contributed by atoms with Crippen molar-refractivity contribution in [3.8, 4) is 11.5 Å². The summed E-state index contributed by atoms with van der Waals surface area (Å²) in [6.45, 7) is 3.52. The van der Waals surface area contributed by atoms with Crippen molar-refractivity contribution < 1.29 is 22.7 Å². The first kappa shape index (κ1) is 24.8. The van der Waals surface area contributed by atoms with Crippen LogP contribution in [0.3, 0.4) is 0 Å². The minimum Gasteiger partial charge on any atom is -0.493 e. The Morgan fingerprint density at radius 2 is 1.70 bits per heavy atom. The number of ether oxygens (including phenoxy) is 2. The van der Waals surface area contributed by atoms with Crippen molar-refractivity contribution in [1.82, 2.24) is 14.9 Å². The molecule has 9 nitrogen and oxygen atoms in total. The third kappa shape index (κ3) is 5.95. The molecule has 10 heteroatoms. The molecule has 1 aliphatic rings. The van der Waals surface area contributed by atoms with Crippen molar-refractivity contribution in [2.45, 2.75) is 11.3 Å². The van der Waals surface area contributed by atoms with Gasteiger partial charge in [0, 0.05) is 38.3 Å². The minimum absolute atomic E-state index is 0.113. The van der Waals surface area contributed by atoms with E-state index >= 15 is 0 Å². The Morgan fingerprint density at radius 3 is 2.33 bits per heavy atom. The van der Waals surface area contributed by atoms with Gasteiger partial charge >= 0.3 is 0 Å². The molecule has 0 bridgehead atoms. The third-order valence-corrected chi connectivity index (χ3v) is 7.21. The Morgan fingerprint density at radius 1 is 1.00 bits per heavy atom. The molecule has 3 rings (SSSR count). The van der Waals surface area contributed by atoms with Crippen LogP contribution < -0.4 is 24.4 Å². The molecule has 0 atom stereocenters. The van der Waals surface area contributed by atoms with Gasteiger partial charge < -0.3 is 24.6 Å². The summed E-state index contributed by atoms with van der Waals surface area (Å²) in [6.07, 6.45) is 0.590. The summed E-state index contributed by atoms with van der Waals surface area (Å²) in [4.78, 5) is 17.1. The van der Waals surface area contributed by atoms with Crippen molar-refractivity contribution in [3.05, 3.63) is 47.5 Å². The topological polar surface area (TPSA) is 100 Å². The molecule has 1 heterocycles. The second-order valence-corrected chi connectivity index (χ2v) is 9.73. The molecule has 180 valence electrons. The normalized spacial score (nSPS) is 14.7. The minimum atomic E-state index is -3.74. The smallest absolute Gasteiger partial charge is 0.251 e. The van der Waals surface area contributed by atoms with Gasteiger partial charge in [0.25, 0.3) is 5.91 Å². The molecular formula is C23H32N4O5S. The number of carbonyl (C=O) groups excluding carboxylic acids is 1. The van der Waals surface area contributed by atoms with Crippen LogP contribution in [-0.2, 0) is 16.4 Å². The second-order valence-electron chi connectivity index (χ2n) is 7.88. The molecule has 1 fully saturated rings. The van der Waals surface area contributed by atoms with E-state index in [1.165, 1.54) is 13.1 Å². The predicted molar refractivity (Wildman–Crippen MR) is 128 cm³/mol. The molecule has 2 aromatic rings. The van der Waals surface area contributed by atoms with Crippen molar-refractivity contribution in [2.24, 2.45) is 0 Å². The monoisotopic (exact) mass is 476 g/mol. The lowest BCUT2D eigenvalue weighted by molar-refractivity contribution is 0.0954. The third-order valence-electron chi connectivity index (χ3n) is 5.77. The SMILES string of the molecule is CNS(=O)(=O)c1cc(C(=O)NCCc2ccc(OC)c(OC)c2)ccc1N1CCN(C)CC1. The number of nitrogens with one attached hydrogen (secondary N) is 2. The summed E-state index contributed by atoms with van der Waals surface area (Å²) in [5.41, 5.74) is 1.89. The number of carbonyl (C=O) groups is 1. The maximum Gasteiger partial charge on any atom is 0.251 e. The molecule has 33 heavy (non-hydrogen) atoms. The molecule has 0 unspecified atom stereocenters. The first-order chi connectivity index (χ1) is 15.8. The van der Waals surface area contributed by atoms with E-state index in [1.54, 1.807) is 26.4 Å². The highest BCUT2D eigenvalue weighted by atomic mass is 32.2. The number of hydrogen-bond acceptors (Lipinski definition) is 7.